The van der Waals surface area contributed by atoms with Crippen molar-refractivity contribution in [3.63, 3.8) is 0 Å². The highest BCUT2D eigenvalue weighted by Crippen LogP contribution is 1.96. The summed E-state index contributed by atoms with van der Waals surface area (Å²) < 4.78 is 16.0. The van der Waals surface area contributed by atoms with E-state index >= 15 is 0 Å². The zero-order chi connectivity index (χ0) is 12.9. The van der Waals surface area contributed by atoms with E-state index in [9.17, 15) is 0 Å². The predicted octanol–water partition coefficient (Wildman–Crippen LogP) is 0.335. The Balaban J connectivity index is 3.90. The Kier molecular flexibility index (Phi) is 12.1. The number of hydrogen-bond acceptors (Lipinski definition) is 5. The fourth-order valence-corrected chi connectivity index (χ4v) is 1.50. The second kappa shape index (κ2) is 12.3. The maximum atomic E-state index is 5.63. The first-order valence-corrected chi connectivity index (χ1v) is 6.39. The number of rotatable bonds is 12. The van der Waals surface area contributed by atoms with E-state index in [4.69, 9.17) is 19.9 Å². The van der Waals surface area contributed by atoms with Crippen LogP contribution in [0.15, 0.2) is 0 Å². The Labute approximate surface area is 105 Å². The molecule has 104 valence electrons. The lowest BCUT2D eigenvalue weighted by molar-refractivity contribution is 0.0373. The summed E-state index contributed by atoms with van der Waals surface area (Å²) in [6.07, 6.45) is 0.0817. The molecule has 17 heavy (non-hydrogen) atoms. The van der Waals surface area contributed by atoms with Gasteiger partial charge in [0.25, 0.3) is 0 Å². The van der Waals surface area contributed by atoms with Crippen LogP contribution in [0.5, 0.6) is 0 Å². The van der Waals surface area contributed by atoms with Gasteiger partial charge < -0.3 is 19.9 Å². The van der Waals surface area contributed by atoms with Gasteiger partial charge in [-0.2, -0.15) is 0 Å². The molecule has 5 nitrogen and oxygen atoms in total. The normalized spacial score (nSPS) is 13.2. The minimum absolute atomic E-state index is 0.0817. The van der Waals surface area contributed by atoms with Crippen LogP contribution in [0.1, 0.15) is 13.8 Å². The molecule has 5 heteroatoms. The van der Waals surface area contributed by atoms with Crippen LogP contribution in [0.3, 0.4) is 0 Å². The van der Waals surface area contributed by atoms with E-state index in [1.54, 1.807) is 7.11 Å². The standard InChI is InChI=1S/C12H28N2O3/c1-4-16-8-6-14(7-9-17-5-2)11-12(10-13)15-3/h12H,4-11,13H2,1-3H3. The molecule has 0 amide bonds. The lowest BCUT2D eigenvalue weighted by Gasteiger charge is -2.25. The quantitative estimate of drug-likeness (QED) is 0.505. The summed E-state index contributed by atoms with van der Waals surface area (Å²) in [6, 6.07) is 0. The molecule has 0 aliphatic heterocycles. The summed E-state index contributed by atoms with van der Waals surface area (Å²) in [7, 11) is 1.70. The Bertz CT molecular complexity index is 145. The van der Waals surface area contributed by atoms with Gasteiger partial charge >= 0.3 is 0 Å². The number of nitrogens with two attached hydrogens (primary N) is 1. The Morgan fingerprint density at radius 2 is 1.59 bits per heavy atom. The third-order valence-electron chi connectivity index (χ3n) is 2.57. The fraction of sp³-hybridized carbons (Fsp3) is 1.00. The molecule has 0 heterocycles. The molecule has 1 unspecified atom stereocenters. The van der Waals surface area contributed by atoms with Gasteiger partial charge in [-0.15, -0.1) is 0 Å². The monoisotopic (exact) mass is 248 g/mol. The van der Waals surface area contributed by atoms with Crippen LogP contribution in [0.2, 0.25) is 0 Å². The molecular weight excluding hydrogens is 220 g/mol. The first kappa shape index (κ1) is 16.8. The Hall–Kier alpha value is -0.200. The minimum atomic E-state index is 0.0817. The second-order valence-corrected chi connectivity index (χ2v) is 3.79. The number of hydrogen-bond donors (Lipinski definition) is 1. The number of ether oxygens (including phenoxy) is 3. The van der Waals surface area contributed by atoms with Crippen LogP contribution in [-0.2, 0) is 14.2 Å². The first-order chi connectivity index (χ1) is 8.28. The molecule has 0 aromatic heterocycles. The van der Waals surface area contributed by atoms with Crippen molar-refractivity contribution in [2.24, 2.45) is 5.73 Å². The summed E-state index contributed by atoms with van der Waals surface area (Å²) in [4.78, 5) is 2.27. The largest absolute Gasteiger partial charge is 0.380 e. The van der Waals surface area contributed by atoms with Gasteiger partial charge in [0.05, 0.1) is 19.3 Å². The molecule has 0 bridgehead atoms. The summed E-state index contributed by atoms with van der Waals surface area (Å²) in [5.74, 6) is 0. The van der Waals surface area contributed by atoms with Gasteiger partial charge in [-0.25, -0.2) is 0 Å². The van der Waals surface area contributed by atoms with Gasteiger partial charge in [0.15, 0.2) is 0 Å². The lowest BCUT2D eigenvalue weighted by atomic mass is 10.3. The highest BCUT2D eigenvalue weighted by molar-refractivity contribution is 4.66. The van der Waals surface area contributed by atoms with E-state index in [1.165, 1.54) is 0 Å². The molecule has 0 saturated heterocycles. The molecule has 0 aromatic rings. The Morgan fingerprint density at radius 3 is 1.94 bits per heavy atom. The molecular formula is C12H28N2O3. The van der Waals surface area contributed by atoms with E-state index in [0.717, 1.165) is 46.1 Å². The van der Waals surface area contributed by atoms with Crippen LogP contribution >= 0.6 is 0 Å². The molecule has 0 rings (SSSR count). The zero-order valence-electron chi connectivity index (χ0n) is 11.5. The maximum Gasteiger partial charge on any atom is 0.0820 e. The van der Waals surface area contributed by atoms with Gasteiger partial charge in [0.1, 0.15) is 0 Å². The van der Waals surface area contributed by atoms with Gasteiger partial charge in [0.2, 0.25) is 0 Å². The summed E-state index contributed by atoms with van der Waals surface area (Å²) >= 11 is 0. The highest BCUT2D eigenvalue weighted by Gasteiger charge is 2.12. The van der Waals surface area contributed by atoms with Crippen LogP contribution in [-0.4, -0.2) is 70.7 Å². The van der Waals surface area contributed by atoms with Gasteiger partial charge in [-0.3, -0.25) is 4.90 Å². The van der Waals surface area contributed by atoms with Gasteiger partial charge in [-0.05, 0) is 13.8 Å². The van der Waals surface area contributed by atoms with E-state index in [1.807, 2.05) is 13.8 Å². The number of nitrogens with zero attached hydrogens (tertiary/aromatic N) is 1. The van der Waals surface area contributed by atoms with E-state index in [-0.39, 0.29) is 6.10 Å². The average molecular weight is 248 g/mol. The van der Waals surface area contributed by atoms with Crippen molar-refractivity contribution >= 4 is 0 Å². The molecule has 0 saturated carbocycles. The molecule has 0 fully saturated rings. The van der Waals surface area contributed by atoms with Crippen molar-refractivity contribution in [3.05, 3.63) is 0 Å². The van der Waals surface area contributed by atoms with Crippen LogP contribution in [0, 0.1) is 0 Å². The zero-order valence-corrected chi connectivity index (χ0v) is 11.5. The predicted molar refractivity (Wildman–Crippen MR) is 69.3 cm³/mol. The SMILES string of the molecule is CCOCCN(CCOCC)CC(CN)OC. The average Bonchev–Trinajstić information content (AvgIpc) is 2.35. The van der Waals surface area contributed by atoms with Crippen molar-refractivity contribution in [2.45, 2.75) is 20.0 Å². The molecule has 0 aromatic carbocycles. The minimum Gasteiger partial charge on any atom is -0.380 e. The molecule has 2 N–H and O–H groups in total. The first-order valence-electron chi connectivity index (χ1n) is 6.39. The third-order valence-corrected chi connectivity index (χ3v) is 2.57. The fourth-order valence-electron chi connectivity index (χ4n) is 1.50. The molecule has 0 aliphatic rings. The maximum absolute atomic E-state index is 5.63. The highest BCUT2D eigenvalue weighted by atomic mass is 16.5. The topological polar surface area (TPSA) is 57.0 Å². The molecule has 1 atom stereocenters. The number of methoxy groups -OCH3 is 1. The Morgan fingerprint density at radius 1 is 1.06 bits per heavy atom. The smallest absolute Gasteiger partial charge is 0.0820 e. The summed E-state index contributed by atoms with van der Waals surface area (Å²) in [5.41, 5.74) is 5.63. The lowest BCUT2D eigenvalue weighted by Crippen LogP contribution is -2.41. The van der Waals surface area contributed by atoms with E-state index < -0.39 is 0 Å². The van der Waals surface area contributed by atoms with Gasteiger partial charge in [-0.1, -0.05) is 0 Å². The van der Waals surface area contributed by atoms with E-state index in [0.29, 0.717) is 6.54 Å². The molecule has 0 spiro atoms. The third kappa shape index (κ3) is 9.50. The van der Waals surface area contributed by atoms with Crippen molar-refractivity contribution in [2.75, 3.05) is 59.7 Å². The summed E-state index contributed by atoms with van der Waals surface area (Å²) in [6.45, 7) is 10.1. The van der Waals surface area contributed by atoms with Crippen molar-refractivity contribution in [3.8, 4) is 0 Å². The molecule has 0 radical (unpaired) electrons. The van der Waals surface area contributed by atoms with Crippen molar-refractivity contribution in [1.29, 1.82) is 0 Å². The van der Waals surface area contributed by atoms with Crippen molar-refractivity contribution in [1.82, 2.24) is 4.90 Å². The van der Waals surface area contributed by atoms with Crippen LogP contribution in [0.25, 0.3) is 0 Å². The van der Waals surface area contributed by atoms with Crippen LogP contribution in [0.4, 0.5) is 0 Å². The van der Waals surface area contributed by atoms with Gasteiger partial charge in [0, 0.05) is 46.5 Å². The van der Waals surface area contributed by atoms with E-state index in [2.05, 4.69) is 4.90 Å². The van der Waals surface area contributed by atoms with Crippen molar-refractivity contribution < 1.29 is 14.2 Å². The summed E-state index contributed by atoms with van der Waals surface area (Å²) in [5, 5.41) is 0. The van der Waals surface area contributed by atoms with Crippen LogP contribution < -0.4 is 5.73 Å². The second-order valence-electron chi connectivity index (χ2n) is 3.79. The molecule has 0 aliphatic carbocycles.